The van der Waals surface area contributed by atoms with Crippen molar-refractivity contribution in [3.63, 3.8) is 0 Å². The zero-order chi connectivity index (χ0) is 14.8. The zero-order valence-corrected chi connectivity index (χ0v) is 12.7. The third kappa shape index (κ3) is 3.06. The fourth-order valence-corrected chi connectivity index (χ4v) is 3.63. The highest BCUT2D eigenvalue weighted by Crippen LogP contribution is 2.27. The maximum absolute atomic E-state index is 13.9. The molecule has 114 valence electrons. The molecule has 1 aromatic carbocycles. The van der Waals surface area contributed by atoms with E-state index in [1.165, 1.54) is 25.0 Å². The van der Waals surface area contributed by atoms with Crippen LogP contribution in [0.2, 0.25) is 5.02 Å². The normalized spacial score (nSPS) is 23.5. The smallest absolute Gasteiger partial charge is 0.256 e. The number of hydrogen-bond acceptors (Lipinski definition) is 2. The van der Waals surface area contributed by atoms with Gasteiger partial charge in [-0.3, -0.25) is 4.79 Å². The second-order valence-electron chi connectivity index (χ2n) is 5.93. The van der Waals surface area contributed by atoms with Gasteiger partial charge >= 0.3 is 0 Å². The molecule has 0 aliphatic carbocycles. The Morgan fingerprint density at radius 1 is 1.29 bits per heavy atom. The van der Waals surface area contributed by atoms with Crippen molar-refractivity contribution >= 4 is 17.5 Å². The van der Waals surface area contributed by atoms with Gasteiger partial charge in [0.15, 0.2) is 5.82 Å². The lowest BCUT2D eigenvalue weighted by molar-refractivity contribution is 0.0670. The number of halogens is 2. The number of likely N-dealkylation sites (tertiary alicyclic amines) is 1. The molecule has 2 aliphatic rings. The zero-order valence-electron chi connectivity index (χ0n) is 11.9. The first-order valence-electron chi connectivity index (χ1n) is 7.63. The van der Waals surface area contributed by atoms with Gasteiger partial charge in [0.1, 0.15) is 0 Å². The highest BCUT2D eigenvalue weighted by Gasteiger charge is 2.31. The predicted octanol–water partition coefficient (Wildman–Crippen LogP) is 3.08. The van der Waals surface area contributed by atoms with Crippen molar-refractivity contribution in [2.45, 2.75) is 31.7 Å². The third-order valence-electron chi connectivity index (χ3n) is 4.68. The van der Waals surface area contributed by atoms with Crippen LogP contribution in [0, 0.1) is 11.7 Å². The number of hydrogen-bond donors (Lipinski definition) is 1. The Bertz CT molecular complexity index is 523. The average Bonchev–Trinajstić information content (AvgIpc) is 3.04. The van der Waals surface area contributed by atoms with Gasteiger partial charge < -0.3 is 10.2 Å². The minimum atomic E-state index is -0.608. The summed E-state index contributed by atoms with van der Waals surface area (Å²) in [4.78, 5) is 14.2. The van der Waals surface area contributed by atoms with E-state index in [4.69, 9.17) is 11.6 Å². The van der Waals surface area contributed by atoms with Crippen molar-refractivity contribution < 1.29 is 9.18 Å². The quantitative estimate of drug-likeness (QED) is 0.910. The molecule has 0 saturated carbocycles. The van der Waals surface area contributed by atoms with Gasteiger partial charge in [0.25, 0.3) is 5.91 Å². The van der Waals surface area contributed by atoms with Crippen molar-refractivity contribution in [3.05, 3.63) is 34.6 Å². The molecule has 2 fully saturated rings. The SMILES string of the molecule is O=C(c1cccc(Cl)c1F)N1CCC(C2CCCN2)CC1. The Labute approximate surface area is 129 Å². The number of rotatable bonds is 2. The second kappa shape index (κ2) is 6.32. The summed E-state index contributed by atoms with van der Waals surface area (Å²) in [6, 6.07) is 5.19. The van der Waals surface area contributed by atoms with Gasteiger partial charge in [-0.05, 0) is 50.3 Å². The number of carbonyl (C=O) groups is 1. The number of carbonyl (C=O) groups excluding carboxylic acids is 1. The molecule has 0 spiro atoms. The van der Waals surface area contributed by atoms with Gasteiger partial charge in [-0.2, -0.15) is 0 Å². The minimum Gasteiger partial charge on any atom is -0.339 e. The number of amides is 1. The van der Waals surface area contributed by atoms with Gasteiger partial charge in [0.2, 0.25) is 0 Å². The molecule has 2 heterocycles. The lowest BCUT2D eigenvalue weighted by Crippen LogP contribution is -2.43. The van der Waals surface area contributed by atoms with Crippen molar-refractivity contribution in [2.75, 3.05) is 19.6 Å². The predicted molar refractivity (Wildman–Crippen MR) is 81.1 cm³/mol. The van der Waals surface area contributed by atoms with Crippen LogP contribution < -0.4 is 5.32 Å². The molecule has 1 unspecified atom stereocenters. The largest absolute Gasteiger partial charge is 0.339 e. The molecule has 5 heteroatoms. The van der Waals surface area contributed by atoms with Crippen molar-refractivity contribution in [1.82, 2.24) is 10.2 Å². The first kappa shape index (κ1) is 14.8. The number of benzene rings is 1. The van der Waals surface area contributed by atoms with Crippen LogP contribution in [0.15, 0.2) is 18.2 Å². The Hall–Kier alpha value is -1.13. The summed E-state index contributed by atoms with van der Waals surface area (Å²) < 4.78 is 13.9. The fourth-order valence-electron chi connectivity index (χ4n) is 3.46. The lowest BCUT2D eigenvalue weighted by atomic mass is 9.88. The standard InChI is InChI=1S/C16H20ClFN2O/c17-13-4-1-3-12(15(13)18)16(21)20-9-6-11(7-10-20)14-5-2-8-19-14/h1,3-4,11,14,19H,2,5-10H2. The number of piperidine rings is 1. The van der Waals surface area contributed by atoms with E-state index in [-0.39, 0.29) is 16.5 Å². The van der Waals surface area contributed by atoms with E-state index in [2.05, 4.69) is 5.32 Å². The molecule has 1 N–H and O–H groups in total. The van der Waals surface area contributed by atoms with Gasteiger partial charge in [-0.15, -0.1) is 0 Å². The first-order valence-corrected chi connectivity index (χ1v) is 8.01. The van der Waals surface area contributed by atoms with Crippen LogP contribution in [0.1, 0.15) is 36.0 Å². The third-order valence-corrected chi connectivity index (χ3v) is 4.97. The molecule has 2 aliphatic heterocycles. The van der Waals surface area contributed by atoms with E-state index in [1.54, 1.807) is 11.0 Å². The monoisotopic (exact) mass is 310 g/mol. The Kier molecular flexibility index (Phi) is 4.45. The average molecular weight is 311 g/mol. The Morgan fingerprint density at radius 2 is 2.05 bits per heavy atom. The van der Waals surface area contributed by atoms with Crippen LogP contribution in [-0.2, 0) is 0 Å². The van der Waals surface area contributed by atoms with E-state index >= 15 is 0 Å². The van der Waals surface area contributed by atoms with Crippen LogP contribution in [0.5, 0.6) is 0 Å². The molecule has 3 rings (SSSR count). The molecule has 0 radical (unpaired) electrons. The number of nitrogens with zero attached hydrogens (tertiary/aromatic N) is 1. The van der Waals surface area contributed by atoms with Crippen LogP contribution >= 0.6 is 11.6 Å². The minimum absolute atomic E-state index is 0.00546. The van der Waals surface area contributed by atoms with Crippen molar-refractivity contribution in [3.8, 4) is 0 Å². The highest BCUT2D eigenvalue weighted by molar-refractivity contribution is 6.31. The van der Waals surface area contributed by atoms with E-state index in [9.17, 15) is 9.18 Å². The second-order valence-corrected chi connectivity index (χ2v) is 6.34. The highest BCUT2D eigenvalue weighted by atomic mass is 35.5. The van der Waals surface area contributed by atoms with Crippen LogP contribution in [0.4, 0.5) is 4.39 Å². The summed E-state index contributed by atoms with van der Waals surface area (Å²) in [5, 5.41) is 3.54. The molecule has 2 saturated heterocycles. The molecule has 1 amide bonds. The molecule has 1 atom stereocenters. The van der Waals surface area contributed by atoms with Gasteiger partial charge in [-0.1, -0.05) is 17.7 Å². The van der Waals surface area contributed by atoms with Gasteiger partial charge in [0, 0.05) is 19.1 Å². The lowest BCUT2D eigenvalue weighted by Gasteiger charge is -2.35. The van der Waals surface area contributed by atoms with Crippen molar-refractivity contribution in [1.29, 1.82) is 0 Å². The number of nitrogens with one attached hydrogen (secondary N) is 1. The van der Waals surface area contributed by atoms with Crippen LogP contribution in [0.25, 0.3) is 0 Å². The Morgan fingerprint density at radius 3 is 2.71 bits per heavy atom. The molecule has 0 aromatic heterocycles. The maximum atomic E-state index is 13.9. The molecular weight excluding hydrogens is 291 g/mol. The summed E-state index contributed by atoms with van der Waals surface area (Å²) in [5.41, 5.74) is 0.0833. The molecule has 21 heavy (non-hydrogen) atoms. The summed E-state index contributed by atoms with van der Waals surface area (Å²) in [5.74, 6) is -0.211. The summed E-state index contributed by atoms with van der Waals surface area (Å²) in [6.07, 6.45) is 4.47. The van der Waals surface area contributed by atoms with Crippen molar-refractivity contribution in [2.24, 2.45) is 5.92 Å². The molecule has 1 aromatic rings. The van der Waals surface area contributed by atoms with E-state index in [0.717, 1.165) is 19.4 Å². The molecule has 3 nitrogen and oxygen atoms in total. The molecular formula is C16H20ClFN2O. The van der Waals surface area contributed by atoms with E-state index in [0.29, 0.717) is 25.0 Å². The first-order chi connectivity index (χ1) is 10.2. The van der Waals surface area contributed by atoms with E-state index < -0.39 is 5.82 Å². The van der Waals surface area contributed by atoms with Crippen LogP contribution in [0.3, 0.4) is 0 Å². The summed E-state index contributed by atoms with van der Waals surface area (Å²) >= 11 is 5.75. The topological polar surface area (TPSA) is 32.3 Å². The van der Waals surface area contributed by atoms with Crippen LogP contribution in [-0.4, -0.2) is 36.5 Å². The fraction of sp³-hybridized carbons (Fsp3) is 0.562. The van der Waals surface area contributed by atoms with Gasteiger partial charge in [-0.25, -0.2) is 4.39 Å². The maximum Gasteiger partial charge on any atom is 0.256 e. The summed E-state index contributed by atoms with van der Waals surface area (Å²) in [7, 11) is 0. The summed E-state index contributed by atoms with van der Waals surface area (Å²) in [6.45, 7) is 2.51. The Balaban J connectivity index is 1.63. The molecule has 0 bridgehead atoms. The van der Waals surface area contributed by atoms with Gasteiger partial charge in [0.05, 0.1) is 10.6 Å². The van der Waals surface area contributed by atoms with E-state index in [1.807, 2.05) is 0 Å².